The fourth-order valence-corrected chi connectivity index (χ4v) is 2.70. The molecule has 3 rings (SSSR count). The standard InChI is InChI=1S/C16H17N3O/c1-4-13-10(2)18-19-15(13)17-11(3)14(16(19)20)12-8-6-5-7-9-12/h5-9,18H,4H2,1-3H3. The molecule has 1 N–H and O–H groups in total. The first-order chi connectivity index (χ1) is 9.63. The molecule has 1 aromatic carbocycles. The summed E-state index contributed by atoms with van der Waals surface area (Å²) in [5.41, 5.74) is 5.14. The molecule has 0 saturated carbocycles. The van der Waals surface area contributed by atoms with Gasteiger partial charge in [0, 0.05) is 11.3 Å². The van der Waals surface area contributed by atoms with Crippen molar-refractivity contribution in [2.45, 2.75) is 27.2 Å². The average molecular weight is 267 g/mol. The quantitative estimate of drug-likeness (QED) is 0.776. The third-order valence-electron chi connectivity index (χ3n) is 3.68. The van der Waals surface area contributed by atoms with Crippen molar-refractivity contribution in [3.8, 4) is 11.1 Å². The van der Waals surface area contributed by atoms with E-state index in [1.54, 1.807) is 4.52 Å². The van der Waals surface area contributed by atoms with Crippen LogP contribution >= 0.6 is 0 Å². The van der Waals surface area contributed by atoms with Crippen LogP contribution in [-0.2, 0) is 6.42 Å². The van der Waals surface area contributed by atoms with Gasteiger partial charge < -0.3 is 0 Å². The zero-order chi connectivity index (χ0) is 14.3. The van der Waals surface area contributed by atoms with Crippen molar-refractivity contribution in [3.63, 3.8) is 0 Å². The van der Waals surface area contributed by atoms with Crippen molar-refractivity contribution in [2.24, 2.45) is 0 Å². The van der Waals surface area contributed by atoms with Crippen LogP contribution in [0, 0.1) is 13.8 Å². The number of fused-ring (bicyclic) bond motifs is 1. The molecule has 0 aliphatic rings. The lowest BCUT2D eigenvalue weighted by Gasteiger charge is -2.06. The maximum Gasteiger partial charge on any atom is 0.280 e. The number of H-pyrrole nitrogens is 1. The van der Waals surface area contributed by atoms with E-state index in [0.717, 1.165) is 34.6 Å². The Hall–Kier alpha value is -2.36. The maximum atomic E-state index is 12.7. The minimum absolute atomic E-state index is 0.0403. The van der Waals surface area contributed by atoms with Crippen molar-refractivity contribution < 1.29 is 0 Å². The van der Waals surface area contributed by atoms with E-state index < -0.39 is 0 Å². The Kier molecular flexibility index (Phi) is 2.93. The lowest BCUT2D eigenvalue weighted by atomic mass is 10.1. The summed E-state index contributed by atoms with van der Waals surface area (Å²) >= 11 is 0. The van der Waals surface area contributed by atoms with Crippen molar-refractivity contribution in [1.29, 1.82) is 0 Å². The van der Waals surface area contributed by atoms with Gasteiger partial charge in [-0.05, 0) is 25.8 Å². The highest BCUT2D eigenvalue weighted by molar-refractivity contribution is 5.67. The molecule has 3 aromatic rings. The van der Waals surface area contributed by atoms with Gasteiger partial charge in [0.05, 0.1) is 11.3 Å². The summed E-state index contributed by atoms with van der Waals surface area (Å²) in [4.78, 5) is 17.4. The molecule has 4 heteroatoms. The second kappa shape index (κ2) is 4.63. The van der Waals surface area contributed by atoms with Crippen LogP contribution in [0.3, 0.4) is 0 Å². The summed E-state index contributed by atoms with van der Waals surface area (Å²) in [7, 11) is 0. The topological polar surface area (TPSA) is 50.2 Å². The Morgan fingerprint density at radius 3 is 2.55 bits per heavy atom. The number of aromatic nitrogens is 3. The third-order valence-corrected chi connectivity index (χ3v) is 3.68. The van der Waals surface area contributed by atoms with Crippen molar-refractivity contribution in [3.05, 3.63) is 57.6 Å². The zero-order valence-corrected chi connectivity index (χ0v) is 11.9. The van der Waals surface area contributed by atoms with Crippen LogP contribution in [0.1, 0.15) is 23.9 Å². The largest absolute Gasteiger partial charge is 0.294 e. The van der Waals surface area contributed by atoms with Crippen molar-refractivity contribution >= 4 is 5.65 Å². The van der Waals surface area contributed by atoms with Crippen LogP contribution < -0.4 is 5.56 Å². The van der Waals surface area contributed by atoms with E-state index in [2.05, 4.69) is 17.0 Å². The summed E-state index contributed by atoms with van der Waals surface area (Å²) in [6.07, 6.45) is 0.857. The highest BCUT2D eigenvalue weighted by atomic mass is 16.1. The van der Waals surface area contributed by atoms with Gasteiger partial charge in [-0.15, -0.1) is 0 Å². The van der Waals surface area contributed by atoms with Gasteiger partial charge in [0.15, 0.2) is 5.65 Å². The summed E-state index contributed by atoms with van der Waals surface area (Å²) in [5, 5.41) is 3.13. The van der Waals surface area contributed by atoms with E-state index >= 15 is 0 Å². The number of rotatable bonds is 2. The predicted octanol–water partition coefficient (Wildman–Crippen LogP) is 2.87. The second-order valence-electron chi connectivity index (χ2n) is 4.97. The monoisotopic (exact) mass is 267 g/mol. The van der Waals surface area contributed by atoms with Gasteiger partial charge in [-0.3, -0.25) is 9.89 Å². The molecule has 0 aliphatic carbocycles. The number of aromatic amines is 1. The molecule has 0 saturated heterocycles. The Labute approximate surface area is 117 Å². The van der Waals surface area contributed by atoms with E-state index in [-0.39, 0.29) is 5.56 Å². The number of aryl methyl sites for hydroxylation is 3. The van der Waals surface area contributed by atoms with E-state index in [1.165, 1.54) is 0 Å². The Bertz CT molecular complexity index is 828. The number of nitrogens with zero attached hydrogens (tertiary/aromatic N) is 2. The zero-order valence-electron chi connectivity index (χ0n) is 11.9. The average Bonchev–Trinajstić information content (AvgIpc) is 2.76. The first-order valence-corrected chi connectivity index (χ1v) is 6.79. The van der Waals surface area contributed by atoms with Gasteiger partial charge in [0.1, 0.15) is 0 Å². The van der Waals surface area contributed by atoms with Crippen LogP contribution in [0.2, 0.25) is 0 Å². The number of hydrogen-bond donors (Lipinski definition) is 1. The number of hydrogen-bond acceptors (Lipinski definition) is 2. The van der Waals surface area contributed by atoms with Crippen LogP contribution in [0.25, 0.3) is 16.8 Å². The van der Waals surface area contributed by atoms with Crippen LogP contribution in [0.5, 0.6) is 0 Å². The highest BCUT2D eigenvalue weighted by Gasteiger charge is 2.16. The summed E-state index contributed by atoms with van der Waals surface area (Å²) < 4.78 is 1.56. The van der Waals surface area contributed by atoms with Gasteiger partial charge in [-0.1, -0.05) is 37.3 Å². The molecule has 0 spiro atoms. The third kappa shape index (κ3) is 1.76. The van der Waals surface area contributed by atoms with E-state index in [1.807, 2.05) is 44.2 Å². The minimum atomic E-state index is -0.0403. The molecule has 0 bridgehead atoms. The first-order valence-electron chi connectivity index (χ1n) is 6.79. The number of benzene rings is 1. The molecule has 2 heterocycles. The predicted molar refractivity (Wildman–Crippen MR) is 80.1 cm³/mol. The van der Waals surface area contributed by atoms with E-state index in [9.17, 15) is 4.79 Å². The van der Waals surface area contributed by atoms with Gasteiger partial charge >= 0.3 is 0 Å². The molecule has 4 nitrogen and oxygen atoms in total. The van der Waals surface area contributed by atoms with E-state index in [4.69, 9.17) is 0 Å². The summed E-state index contributed by atoms with van der Waals surface area (Å²) in [6.45, 7) is 5.94. The van der Waals surface area contributed by atoms with Crippen LogP contribution in [0.4, 0.5) is 0 Å². The fourth-order valence-electron chi connectivity index (χ4n) is 2.70. The molecule has 0 aliphatic heterocycles. The Balaban J connectivity index is 2.39. The number of nitrogens with one attached hydrogen (secondary N) is 1. The summed E-state index contributed by atoms with van der Waals surface area (Å²) in [6, 6.07) is 9.68. The first kappa shape index (κ1) is 12.7. The van der Waals surface area contributed by atoms with Gasteiger partial charge in [0.2, 0.25) is 0 Å². The molecule has 0 atom stereocenters. The lowest BCUT2D eigenvalue weighted by Crippen LogP contribution is -2.19. The highest BCUT2D eigenvalue weighted by Crippen LogP contribution is 2.20. The molecule has 0 fully saturated rings. The van der Waals surface area contributed by atoms with Crippen LogP contribution in [0.15, 0.2) is 35.1 Å². The maximum absolute atomic E-state index is 12.7. The van der Waals surface area contributed by atoms with Crippen molar-refractivity contribution in [2.75, 3.05) is 0 Å². The second-order valence-corrected chi connectivity index (χ2v) is 4.97. The minimum Gasteiger partial charge on any atom is -0.294 e. The smallest absolute Gasteiger partial charge is 0.280 e. The van der Waals surface area contributed by atoms with Crippen molar-refractivity contribution in [1.82, 2.24) is 14.6 Å². The SMILES string of the molecule is CCc1c(C)[nH]n2c(=O)c(-c3ccccc3)c(C)nc12. The molecule has 20 heavy (non-hydrogen) atoms. The molecule has 102 valence electrons. The van der Waals surface area contributed by atoms with Crippen LogP contribution in [-0.4, -0.2) is 14.6 Å². The lowest BCUT2D eigenvalue weighted by molar-refractivity contribution is 0.876. The summed E-state index contributed by atoms with van der Waals surface area (Å²) in [5.74, 6) is 0. The normalized spacial score (nSPS) is 11.2. The Morgan fingerprint density at radius 1 is 1.20 bits per heavy atom. The fraction of sp³-hybridized carbons (Fsp3) is 0.250. The Morgan fingerprint density at radius 2 is 1.90 bits per heavy atom. The molecule has 0 amide bonds. The molecule has 2 aromatic heterocycles. The van der Waals surface area contributed by atoms with E-state index in [0.29, 0.717) is 5.56 Å². The van der Waals surface area contributed by atoms with Gasteiger partial charge in [0.25, 0.3) is 5.56 Å². The van der Waals surface area contributed by atoms with Gasteiger partial charge in [-0.2, -0.15) is 0 Å². The molecule has 0 radical (unpaired) electrons. The molecular weight excluding hydrogens is 250 g/mol. The van der Waals surface area contributed by atoms with Gasteiger partial charge in [-0.25, -0.2) is 9.50 Å². The molecule has 0 unspecified atom stereocenters. The molecular formula is C16H17N3O.